The van der Waals surface area contributed by atoms with E-state index in [1.54, 1.807) is 15.9 Å². The zero-order valence-corrected chi connectivity index (χ0v) is 11.2. The number of hydrogen-bond donors (Lipinski definition) is 1. The maximum Gasteiger partial charge on any atom is 0.308 e. The fourth-order valence-corrected chi connectivity index (χ4v) is 3.01. The lowest BCUT2D eigenvalue weighted by molar-refractivity contribution is -0.142. The molecule has 1 N–H and O–H groups in total. The van der Waals surface area contributed by atoms with Crippen molar-refractivity contribution in [1.29, 1.82) is 0 Å². The second-order valence-corrected chi connectivity index (χ2v) is 5.65. The summed E-state index contributed by atoms with van der Waals surface area (Å²) in [5.74, 6) is -0.506. The lowest BCUT2D eigenvalue weighted by atomic mass is 9.92. The monoisotopic (exact) mass is 278 g/mol. The second-order valence-electron chi connectivity index (χ2n) is 5.65. The van der Waals surface area contributed by atoms with Crippen LogP contribution in [0.25, 0.3) is 0 Å². The third kappa shape index (κ3) is 2.66. The van der Waals surface area contributed by atoms with Crippen molar-refractivity contribution in [2.45, 2.75) is 25.8 Å². The van der Waals surface area contributed by atoms with E-state index in [9.17, 15) is 14.7 Å². The third-order valence-electron chi connectivity index (χ3n) is 4.28. The summed E-state index contributed by atoms with van der Waals surface area (Å²) in [5.41, 5.74) is 0. The molecule has 7 nitrogen and oxygen atoms in total. The Morgan fingerprint density at radius 1 is 1.30 bits per heavy atom. The van der Waals surface area contributed by atoms with Gasteiger partial charge in [-0.1, -0.05) is 0 Å². The Labute approximate surface area is 116 Å². The number of nitrogens with zero attached hydrogens (tertiary/aromatic N) is 4. The van der Waals surface area contributed by atoms with Crippen LogP contribution in [-0.4, -0.2) is 49.7 Å². The normalized spacial score (nSPS) is 25.9. The molecule has 2 atom stereocenters. The van der Waals surface area contributed by atoms with Gasteiger partial charge in [0.2, 0.25) is 5.91 Å². The van der Waals surface area contributed by atoms with Crippen molar-refractivity contribution in [2.75, 3.05) is 13.1 Å². The Kier molecular flexibility index (Phi) is 3.42. The van der Waals surface area contributed by atoms with E-state index < -0.39 is 11.9 Å². The first-order valence-electron chi connectivity index (χ1n) is 6.98. The molecule has 1 aromatic heterocycles. The Morgan fingerprint density at radius 2 is 2.10 bits per heavy atom. The van der Waals surface area contributed by atoms with E-state index in [0.717, 1.165) is 12.8 Å². The summed E-state index contributed by atoms with van der Waals surface area (Å²) in [6, 6.07) is 0. The minimum Gasteiger partial charge on any atom is -0.481 e. The Morgan fingerprint density at radius 3 is 2.70 bits per heavy atom. The van der Waals surface area contributed by atoms with E-state index in [0.29, 0.717) is 32.0 Å². The van der Waals surface area contributed by atoms with Crippen molar-refractivity contribution in [3.8, 4) is 0 Å². The number of hydrogen-bond acceptors (Lipinski definition) is 4. The first-order valence-corrected chi connectivity index (χ1v) is 6.98. The van der Waals surface area contributed by atoms with Gasteiger partial charge in [0.15, 0.2) is 0 Å². The van der Waals surface area contributed by atoms with Crippen LogP contribution in [0.5, 0.6) is 0 Å². The number of rotatable bonds is 5. The number of carbonyl (C=O) groups excluding carboxylic acids is 1. The highest BCUT2D eigenvalue weighted by Gasteiger charge is 2.46. The van der Waals surface area contributed by atoms with Gasteiger partial charge in [-0.15, -0.1) is 0 Å². The van der Waals surface area contributed by atoms with Gasteiger partial charge in [0, 0.05) is 19.5 Å². The van der Waals surface area contributed by atoms with Gasteiger partial charge >= 0.3 is 5.97 Å². The molecule has 2 heterocycles. The van der Waals surface area contributed by atoms with Crippen LogP contribution in [0, 0.1) is 17.8 Å². The highest BCUT2D eigenvalue weighted by molar-refractivity contribution is 5.79. The van der Waals surface area contributed by atoms with Crippen LogP contribution >= 0.6 is 0 Å². The van der Waals surface area contributed by atoms with Gasteiger partial charge < -0.3 is 10.0 Å². The smallest absolute Gasteiger partial charge is 0.308 e. The van der Waals surface area contributed by atoms with Crippen LogP contribution < -0.4 is 0 Å². The second kappa shape index (κ2) is 5.22. The molecular weight excluding hydrogens is 260 g/mol. The first-order chi connectivity index (χ1) is 9.65. The number of carbonyl (C=O) groups is 2. The average molecular weight is 278 g/mol. The van der Waals surface area contributed by atoms with Crippen molar-refractivity contribution in [3.05, 3.63) is 12.7 Å². The molecule has 0 aromatic carbocycles. The summed E-state index contributed by atoms with van der Waals surface area (Å²) >= 11 is 0. The number of aromatic nitrogens is 3. The van der Waals surface area contributed by atoms with Crippen molar-refractivity contribution in [2.24, 2.45) is 17.8 Å². The lowest BCUT2D eigenvalue weighted by Gasteiger charge is -2.16. The first kappa shape index (κ1) is 13.1. The van der Waals surface area contributed by atoms with E-state index in [1.807, 2.05) is 0 Å². The summed E-state index contributed by atoms with van der Waals surface area (Å²) in [7, 11) is 0. The molecule has 1 saturated heterocycles. The van der Waals surface area contributed by atoms with Gasteiger partial charge in [0.1, 0.15) is 12.7 Å². The minimum absolute atomic E-state index is 0.00917. The molecule has 0 spiro atoms. The molecule has 0 bridgehead atoms. The molecule has 0 radical (unpaired) electrons. The lowest BCUT2D eigenvalue weighted by Crippen LogP contribution is -2.30. The maximum absolute atomic E-state index is 12.2. The standard InChI is InChI=1S/C13H18N4O3/c18-12(3-4-17-8-14-7-15-17)16-5-10(9-1-2-9)11(6-16)13(19)20/h7-11H,1-6H2,(H,19,20)/t10-,11+/m1/s1. The molecule has 2 aliphatic rings. The average Bonchev–Trinajstić information content (AvgIpc) is 2.97. The van der Waals surface area contributed by atoms with Crippen LogP contribution in [-0.2, 0) is 16.1 Å². The van der Waals surface area contributed by atoms with E-state index in [2.05, 4.69) is 10.1 Å². The molecule has 2 fully saturated rings. The van der Waals surface area contributed by atoms with E-state index >= 15 is 0 Å². The summed E-state index contributed by atoms with van der Waals surface area (Å²) in [5, 5.41) is 13.2. The molecule has 1 saturated carbocycles. The molecule has 3 rings (SSSR count). The predicted molar refractivity (Wildman–Crippen MR) is 68.6 cm³/mol. The Bertz CT molecular complexity index is 498. The van der Waals surface area contributed by atoms with Crippen molar-refractivity contribution >= 4 is 11.9 Å². The van der Waals surface area contributed by atoms with E-state index in [1.165, 1.54) is 6.33 Å². The van der Waals surface area contributed by atoms with Gasteiger partial charge in [-0.25, -0.2) is 4.98 Å². The fraction of sp³-hybridized carbons (Fsp3) is 0.692. The zero-order chi connectivity index (χ0) is 14.1. The Hall–Kier alpha value is -1.92. The summed E-state index contributed by atoms with van der Waals surface area (Å²) in [6.45, 7) is 1.44. The minimum atomic E-state index is -0.770. The van der Waals surface area contributed by atoms with Crippen LogP contribution in [0.4, 0.5) is 0 Å². The number of aliphatic carboxylic acids is 1. The van der Waals surface area contributed by atoms with Crippen LogP contribution in [0.15, 0.2) is 12.7 Å². The molecule has 108 valence electrons. The highest BCUT2D eigenvalue weighted by atomic mass is 16.4. The van der Waals surface area contributed by atoms with Gasteiger partial charge in [0.05, 0.1) is 12.5 Å². The summed E-state index contributed by atoms with van der Waals surface area (Å²) < 4.78 is 1.61. The largest absolute Gasteiger partial charge is 0.481 e. The SMILES string of the molecule is O=C(O)[C@H]1CN(C(=O)CCn2cncn2)C[C@@H]1C1CC1. The van der Waals surface area contributed by atoms with Crippen LogP contribution in [0.1, 0.15) is 19.3 Å². The molecule has 1 aliphatic carbocycles. The summed E-state index contributed by atoms with van der Waals surface area (Å²) in [6.07, 6.45) is 5.56. The predicted octanol–water partition coefficient (Wildman–Crippen LogP) is 0.237. The maximum atomic E-state index is 12.2. The number of amides is 1. The van der Waals surface area contributed by atoms with Crippen LogP contribution in [0.3, 0.4) is 0 Å². The molecule has 0 unspecified atom stereocenters. The zero-order valence-electron chi connectivity index (χ0n) is 11.2. The molecule has 1 aromatic rings. The van der Waals surface area contributed by atoms with E-state index in [4.69, 9.17) is 0 Å². The van der Waals surface area contributed by atoms with E-state index in [-0.39, 0.29) is 11.8 Å². The number of carboxylic acid groups (broad SMARTS) is 1. The molecule has 1 amide bonds. The molecule has 20 heavy (non-hydrogen) atoms. The third-order valence-corrected chi connectivity index (χ3v) is 4.28. The number of carboxylic acids is 1. The molecule has 1 aliphatic heterocycles. The van der Waals surface area contributed by atoms with Crippen LogP contribution in [0.2, 0.25) is 0 Å². The van der Waals surface area contributed by atoms with Gasteiger partial charge in [-0.2, -0.15) is 5.10 Å². The molecular formula is C13H18N4O3. The van der Waals surface area contributed by atoms with Crippen molar-refractivity contribution in [3.63, 3.8) is 0 Å². The Balaban J connectivity index is 1.57. The summed E-state index contributed by atoms with van der Waals surface area (Å²) in [4.78, 5) is 29.0. The van der Waals surface area contributed by atoms with Crippen molar-refractivity contribution < 1.29 is 14.7 Å². The van der Waals surface area contributed by atoms with Gasteiger partial charge in [-0.05, 0) is 24.7 Å². The number of aryl methyl sites for hydroxylation is 1. The van der Waals surface area contributed by atoms with Crippen molar-refractivity contribution in [1.82, 2.24) is 19.7 Å². The van der Waals surface area contributed by atoms with Gasteiger partial charge in [-0.3, -0.25) is 14.3 Å². The fourth-order valence-electron chi connectivity index (χ4n) is 3.01. The quantitative estimate of drug-likeness (QED) is 0.833. The van der Waals surface area contributed by atoms with Gasteiger partial charge in [0.25, 0.3) is 0 Å². The number of likely N-dealkylation sites (tertiary alicyclic amines) is 1. The highest BCUT2D eigenvalue weighted by Crippen LogP contribution is 2.44. The topological polar surface area (TPSA) is 88.3 Å². The molecule has 7 heteroatoms.